The summed E-state index contributed by atoms with van der Waals surface area (Å²) in [6.45, 7) is 6.83. The molecule has 1 unspecified atom stereocenters. The van der Waals surface area contributed by atoms with Crippen molar-refractivity contribution >= 4 is 5.84 Å². The molecule has 0 fully saturated rings. The Morgan fingerprint density at radius 3 is 2.31 bits per heavy atom. The van der Waals surface area contributed by atoms with E-state index in [1.165, 1.54) is 25.7 Å². The normalized spacial score (nSPS) is 15.3. The smallest absolute Gasteiger partial charge is 0.0905 e. The molecular formula is C11H24N2. The van der Waals surface area contributed by atoms with Gasteiger partial charge in [0.1, 0.15) is 0 Å². The second-order valence-corrected chi connectivity index (χ2v) is 4.29. The van der Waals surface area contributed by atoms with E-state index in [0.717, 1.165) is 12.8 Å². The van der Waals surface area contributed by atoms with Crippen molar-refractivity contribution in [2.45, 2.75) is 59.3 Å². The van der Waals surface area contributed by atoms with Gasteiger partial charge in [0, 0.05) is 6.42 Å². The van der Waals surface area contributed by atoms with Gasteiger partial charge < -0.3 is 5.73 Å². The van der Waals surface area contributed by atoms with Crippen LogP contribution in [0.25, 0.3) is 0 Å². The number of nitrogens with one attached hydrogen (secondary N) is 1. The highest BCUT2D eigenvalue weighted by Crippen LogP contribution is 2.32. The van der Waals surface area contributed by atoms with Crippen LogP contribution in [0.1, 0.15) is 59.3 Å². The highest BCUT2D eigenvalue weighted by atomic mass is 14.7. The van der Waals surface area contributed by atoms with Crippen LogP contribution in [0.3, 0.4) is 0 Å². The summed E-state index contributed by atoms with van der Waals surface area (Å²) in [4.78, 5) is 0. The van der Waals surface area contributed by atoms with Gasteiger partial charge in [-0.25, -0.2) is 0 Å². The molecule has 13 heavy (non-hydrogen) atoms. The van der Waals surface area contributed by atoms with E-state index in [4.69, 9.17) is 11.1 Å². The Labute approximate surface area is 82.4 Å². The van der Waals surface area contributed by atoms with E-state index >= 15 is 0 Å². The standard InChI is InChI=1S/C11H24N2/c1-4-8-11(3,5-2)9-6-7-10(12)13/h4-9H2,1-3H3,(H3,12,13). The topological polar surface area (TPSA) is 49.9 Å². The first-order valence-electron chi connectivity index (χ1n) is 5.37. The minimum Gasteiger partial charge on any atom is -0.388 e. The third-order valence-corrected chi connectivity index (χ3v) is 2.93. The molecule has 1 atom stereocenters. The van der Waals surface area contributed by atoms with Gasteiger partial charge in [0.05, 0.1) is 5.84 Å². The summed E-state index contributed by atoms with van der Waals surface area (Å²) in [7, 11) is 0. The Morgan fingerprint density at radius 2 is 1.92 bits per heavy atom. The Balaban J connectivity index is 3.76. The summed E-state index contributed by atoms with van der Waals surface area (Å²) >= 11 is 0. The third kappa shape index (κ3) is 5.67. The number of hydrogen-bond donors (Lipinski definition) is 2. The molecule has 78 valence electrons. The molecule has 0 bridgehead atoms. The minimum absolute atomic E-state index is 0.329. The predicted molar refractivity (Wildman–Crippen MR) is 59.1 cm³/mol. The van der Waals surface area contributed by atoms with Gasteiger partial charge in [-0.3, -0.25) is 5.41 Å². The van der Waals surface area contributed by atoms with E-state index < -0.39 is 0 Å². The van der Waals surface area contributed by atoms with Crippen molar-refractivity contribution in [1.29, 1.82) is 5.41 Å². The highest BCUT2D eigenvalue weighted by molar-refractivity contribution is 5.76. The molecule has 0 heterocycles. The van der Waals surface area contributed by atoms with E-state index in [0.29, 0.717) is 11.3 Å². The fraction of sp³-hybridized carbons (Fsp3) is 0.909. The summed E-state index contributed by atoms with van der Waals surface area (Å²) in [6.07, 6.45) is 6.82. The maximum atomic E-state index is 7.14. The molecule has 0 saturated heterocycles. The van der Waals surface area contributed by atoms with Crippen LogP contribution in [0.4, 0.5) is 0 Å². The number of hydrogen-bond acceptors (Lipinski definition) is 1. The fourth-order valence-corrected chi connectivity index (χ4v) is 1.79. The van der Waals surface area contributed by atoms with Crippen LogP contribution in [0, 0.1) is 10.8 Å². The third-order valence-electron chi connectivity index (χ3n) is 2.93. The Morgan fingerprint density at radius 1 is 1.31 bits per heavy atom. The van der Waals surface area contributed by atoms with Gasteiger partial charge in [-0.05, 0) is 24.7 Å². The van der Waals surface area contributed by atoms with Crippen molar-refractivity contribution in [2.24, 2.45) is 11.1 Å². The molecule has 0 aliphatic rings. The van der Waals surface area contributed by atoms with Crippen molar-refractivity contribution in [3.05, 3.63) is 0 Å². The second kappa shape index (κ2) is 6.01. The summed E-state index contributed by atoms with van der Waals surface area (Å²) < 4.78 is 0. The van der Waals surface area contributed by atoms with Crippen molar-refractivity contribution in [1.82, 2.24) is 0 Å². The van der Waals surface area contributed by atoms with Gasteiger partial charge in [0.25, 0.3) is 0 Å². The maximum Gasteiger partial charge on any atom is 0.0905 e. The Bertz CT molecular complexity index is 154. The molecule has 0 aliphatic heterocycles. The Hall–Kier alpha value is -0.530. The van der Waals surface area contributed by atoms with E-state index in [1.807, 2.05) is 0 Å². The first kappa shape index (κ1) is 12.5. The largest absolute Gasteiger partial charge is 0.388 e. The van der Waals surface area contributed by atoms with Crippen molar-refractivity contribution in [2.75, 3.05) is 0 Å². The van der Waals surface area contributed by atoms with Crippen molar-refractivity contribution < 1.29 is 0 Å². The lowest BCUT2D eigenvalue weighted by molar-refractivity contribution is 0.253. The molecule has 2 nitrogen and oxygen atoms in total. The quantitative estimate of drug-likeness (QED) is 0.463. The zero-order valence-electron chi connectivity index (χ0n) is 9.32. The monoisotopic (exact) mass is 184 g/mol. The van der Waals surface area contributed by atoms with Gasteiger partial charge in [-0.2, -0.15) is 0 Å². The molecule has 0 saturated carbocycles. The van der Waals surface area contributed by atoms with Crippen LogP contribution < -0.4 is 5.73 Å². The molecule has 0 rings (SSSR count). The number of rotatable bonds is 7. The predicted octanol–water partition coefficient (Wildman–Crippen LogP) is 3.31. The van der Waals surface area contributed by atoms with Crippen molar-refractivity contribution in [3.63, 3.8) is 0 Å². The molecule has 0 radical (unpaired) electrons. The molecule has 0 aromatic heterocycles. The average molecular weight is 184 g/mol. The van der Waals surface area contributed by atoms with Gasteiger partial charge >= 0.3 is 0 Å². The first-order chi connectivity index (χ1) is 6.04. The fourth-order valence-electron chi connectivity index (χ4n) is 1.79. The molecule has 3 N–H and O–H groups in total. The molecule has 0 spiro atoms. The van der Waals surface area contributed by atoms with E-state index in [2.05, 4.69) is 20.8 Å². The van der Waals surface area contributed by atoms with Crippen LogP contribution in [-0.2, 0) is 0 Å². The zero-order valence-corrected chi connectivity index (χ0v) is 9.32. The summed E-state index contributed by atoms with van der Waals surface area (Å²) in [6, 6.07) is 0. The number of amidine groups is 1. The molecule has 2 heteroatoms. The lowest BCUT2D eigenvalue weighted by Crippen LogP contribution is -2.16. The van der Waals surface area contributed by atoms with Crippen LogP contribution in [0.2, 0.25) is 0 Å². The Kier molecular flexibility index (Phi) is 5.76. The lowest BCUT2D eigenvalue weighted by atomic mass is 9.78. The minimum atomic E-state index is 0.329. The van der Waals surface area contributed by atoms with Crippen LogP contribution in [-0.4, -0.2) is 5.84 Å². The first-order valence-corrected chi connectivity index (χ1v) is 5.37. The van der Waals surface area contributed by atoms with Gasteiger partial charge in [0.15, 0.2) is 0 Å². The molecule has 0 amide bonds. The van der Waals surface area contributed by atoms with Crippen LogP contribution in [0.15, 0.2) is 0 Å². The lowest BCUT2D eigenvalue weighted by Gasteiger charge is -2.27. The van der Waals surface area contributed by atoms with E-state index in [1.54, 1.807) is 0 Å². The van der Waals surface area contributed by atoms with Gasteiger partial charge in [0.2, 0.25) is 0 Å². The number of nitrogens with two attached hydrogens (primary N) is 1. The molecular weight excluding hydrogens is 160 g/mol. The van der Waals surface area contributed by atoms with Gasteiger partial charge in [-0.15, -0.1) is 0 Å². The highest BCUT2D eigenvalue weighted by Gasteiger charge is 2.19. The van der Waals surface area contributed by atoms with Crippen LogP contribution >= 0.6 is 0 Å². The maximum absolute atomic E-state index is 7.14. The van der Waals surface area contributed by atoms with Crippen molar-refractivity contribution in [3.8, 4) is 0 Å². The summed E-state index contributed by atoms with van der Waals surface area (Å²) in [5.74, 6) is 0.329. The average Bonchev–Trinajstić information content (AvgIpc) is 2.04. The van der Waals surface area contributed by atoms with E-state index in [-0.39, 0.29) is 0 Å². The SMILES string of the molecule is CCCC(C)(CC)CCCC(=N)N. The second-order valence-electron chi connectivity index (χ2n) is 4.29. The van der Waals surface area contributed by atoms with Crippen LogP contribution in [0.5, 0.6) is 0 Å². The summed E-state index contributed by atoms with van der Waals surface area (Å²) in [5.41, 5.74) is 5.80. The zero-order chi connectivity index (χ0) is 10.3. The summed E-state index contributed by atoms with van der Waals surface area (Å²) in [5, 5.41) is 7.14. The van der Waals surface area contributed by atoms with Gasteiger partial charge in [-0.1, -0.05) is 33.6 Å². The molecule has 0 aromatic carbocycles. The molecule has 0 aromatic rings. The van der Waals surface area contributed by atoms with E-state index in [9.17, 15) is 0 Å². The molecule has 0 aliphatic carbocycles.